The van der Waals surface area contributed by atoms with E-state index in [9.17, 15) is 4.79 Å². The van der Waals surface area contributed by atoms with Gasteiger partial charge in [-0.2, -0.15) is 4.68 Å². The van der Waals surface area contributed by atoms with Gasteiger partial charge >= 0.3 is 0 Å². The van der Waals surface area contributed by atoms with E-state index < -0.39 is 0 Å². The molecular weight excluding hydrogens is 318 g/mol. The SMILES string of the molecule is CNC(=O)c1ccc(C[NH+](C)Cn2nc(NC)sc2=S)cc1. The fourth-order valence-electron chi connectivity index (χ4n) is 2.09. The highest BCUT2D eigenvalue weighted by Crippen LogP contribution is 2.12. The molecule has 0 aliphatic carbocycles. The second kappa shape index (κ2) is 7.48. The third kappa shape index (κ3) is 4.12. The second-order valence-electron chi connectivity index (χ2n) is 4.99. The lowest BCUT2D eigenvalue weighted by molar-refractivity contribution is -0.917. The molecule has 0 fully saturated rings. The quantitative estimate of drug-likeness (QED) is 0.680. The number of carbonyl (C=O) groups excluding carboxylic acids is 1. The highest BCUT2D eigenvalue weighted by Gasteiger charge is 2.09. The Kier molecular flexibility index (Phi) is 5.64. The summed E-state index contributed by atoms with van der Waals surface area (Å²) in [6.45, 7) is 1.54. The molecule has 0 aliphatic heterocycles. The summed E-state index contributed by atoms with van der Waals surface area (Å²) < 4.78 is 2.60. The van der Waals surface area contributed by atoms with Crippen LogP contribution in [-0.2, 0) is 13.2 Å². The number of rotatable bonds is 6. The first kappa shape index (κ1) is 16.6. The first-order valence-electron chi connectivity index (χ1n) is 6.91. The number of benzene rings is 1. The average molecular weight is 338 g/mol. The van der Waals surface area contributed by atoms with Crippen molar-refractivity contribution in [3.05, 3.63) is 39.3 Å². The minimum absolute atomic E-state index is 0.0689. The van der Waals surface area contributed by atoms with Gasteiger partial charge in [0.25, 0.3) is 5.91 Å². The standard InChI is InChI=1S/C14H19N5OS2/c1-15-12(20)11-6-4-10(5-7-11)8-18(3)9-19-14(21)22-13(16-2)17-19/h4-7H,8-9H2,1-3H3,(H,15,20)(H,16,17)/p+1. The van der Waals surface area contributed by atoms with Gasteiger partial charge in [-0.1, -0.05) is 23.5 Å². The minimum Gasteiger partial charge on any atom is -0.363 e. The van der Waals surface area contributed by atoms with Crippen LogP contribution < -0.4 is 15.5 Å². The summed E-state index contributed by atoms with van der Waals surface area (Å²) in [5, 5.41) is 10.9. The lowest BCUT2D eigenvalue weighted by atomic mass is 10.1. The molecule has 2 aromatic rings. The summed E-state index contributed by atoms with van der Waals surface area (Å²) in [7, 11) is 5.56. The molecule has 0 spiro atoms. The van der Waals surface area contributed by atoms with Crippen LogP contribution in [-0.4, -0.2) is 36.8 Å². The van der Waals surface area contributed by atoms with Crippen LogP contribution in [0, 0.1) is 3.95 Å². The third-order valence-electron chi connectivity index (χ3n) is 3.19. The van der Waals surface area contributed by atoms with Crippen LogP contribution in [0.5, 0.6) is 0 Å². The molecule has 1 heterocycles. The summed E-state index contributed by atoms with van der Waals surface area (Å²) in [4.78, 5) is 12.8. The molecule has 8 heteroatoms. The molecule has 3 N–H and O–H groups in total. The van der Waals surface area contributed by atoms with Crippen molar-refractivity contribution in [2.24, 2.45) is 0 Å². The number of hydrogen-bond acceptors (Lipinski definition) is 5. The first-order valence-corrected chi connectivity index (χ1v) is 8.14. The van der Waals surface area contributed by atoms with Crippen molar-refractivity contribution in [3.8, 4) is 0 Å². The topological polar surface area (TPSA) is 63.4 Å². The Hall–Kier alpha value is -1.77. The number of quaternary nitrogens is 1. The monoisotopic (exact) mass is 338 g/mol. The molecular formula is C14H20N5OS2+. The molecule has 22 heavy (non-hydrogen) atoms. The summed E-state index contributed by atoms with van der Waals surface area (Å²) in [5.74, 6) is -0.0689. The van der Waals surface area contributed by atoms with E-state index in [1.807, 2.05) is 36.0 Å². The van der Waals surface area contributed by atoms with Crippen molar-refractivity contribution in [2.45, 2.75) is 13.2 Å². The molecule has 6 nitrogen and oxygen atoms in total. The Morgan fingerprint density at radius 1 is 1.36 bits per heavy atom. The summed E-state index contributed by atoms with van der Waals surface area (Å²) >= 11 is 6.77. The number of nitrogens with zero attached hydrogens (tertiary/aromatic N) is 2. The Balaban J connectivity index is 1.99. The maximum absolute atomic E-state index is 11.5. The van der Waals surface area contributed by atoms with Crippen LogP contribution >= 0.6 is 23.6 Å². The smallest absolute Gasteiger partial charge is 0.251 e. The maximum Gasteiger partial charge on any atom is 0.251 e. The van der Waals surface area contributed by atoms with E-state index >= 15 is 0 Å². The van der Waals surface area contributed by atoms with Crippen molar-refractivity contribution in [1.82, 2.24) is 15.1 Å². The molecule has 0 saturated carbocycles. The molecule has 1 aromatic carbocycles. The molecule has 1 atom stereocenters. The molecule has 0 radical (unpaired) electrons. The van der Waals surface area contributed by atoms with Gasteiger partial charge in [0.1, 0.15) is 6.54 Å². The highest BCUT2D eigenvalue weighted by molar-refractivity contribution is 7.73. The first-order chi connectivity index (χ1) is 10.5. The number of aromatic nitrogens is 2. The van der Waals surface area contributed by atoms with E-state index in [1.54, 1.807) is 7.05 Å². The zero-order valence-corrected chi connectivity index (χ0v) is 14.5. The van der Waals surface area contributed by atoms with Crippen molar-refractivity contribution in [3.63, 3.8) is 0 Å². The van der Waals surface area contributed by atoms with Crippen LogP contribution in [0.2, 0.25) is 0 Å². The molecule has 1 aromatic heterocycles. The van der Waals surface area contributed by atoms with E-state index in [0.717, 1.165) is 15.6 Å². The Labute approximate surface area is 138 Å². The Morgan fingerprint density at radius 3 is 2.59 bits per heavy atom. The number of anilines is 1. The Morgan fingerprint density at radius 2 is 2.05 bits per heavy atom. The van der Waals surface area contributed by atoms with Gasteiger partial charge in [-0.25, -0.2) is 0 Å². The second-order valence-corrected chi connectivity index (χ2v) is 6.61. The van der Waals surface area contributed by atoms with Crippen molar-refractivity contribution >= 4 is 34.6 Å². The fourth-order valence-corrected chi connectivity index (χ4v) is 3.05. The van der Waals surface area contributed by atoms with Gasteiger partial charge < -0.3 is 15.5 Å². The van der Waals surface area contributed by atoms with Gasteiger partial charge in [0.2, 0.25) is 5.13 Å². The molecule has 0 aliphatic rings. The highest BCUT2D eigenvalue weighted by atomic mass is 32.1. The predicted molar refractivity (Wildman–Crippen MR) is 90.9 cm³/mol. The van der Waals surface area contributed by atoms with E-state index in [2.05, 4.69) is 22.8 Å². The van der Waals surface area contributed by atoms with Crippen molar-refractivity contribution < 1.29 is 9.69 Å². The Bertz CT molecular complexity index is 692. The minimum atomic E-state index is -0.0689. The molecule has 2 rings (SSSR count). The number of amides is 1. The normalized spacial score (nSPS) is 12.0. The average Bonchev–Trinajstić information content (AvgIpc) is 2.87. The van der Waals surface area contributed by atoms with Crippen LogP contribution in [0.1, 0.15) is 15.9 Å². The fraction of sp³-hybridized carbons (Fsp3) is 0.357. The van der Waals surface area contributed by atoms with Gasteiger partial charge in [-0.3, -0.25) is 4.79 Å². The summed E-state index contributed by atoms with van der Waals surface area (Å²) in [5.41, 5.74) is 1.84. The zero-order valence-electron chi connectivity index (χ0n) is 12.8. The van der Waals surface area contributed by atoms with Gasteiger partial charge in [0.15, 0.2) is 10.6 Å². The number of carbonyl (C=O) groups is 1. The van der Waals surface area contributed by atoms with Crippen LogP contribution in [0.25, 0.3) is 0 Å². The van der Waals surface area contributed by atoms with Gasteiger partial charge in [-0.15, -0.1) is 5.10 Å². The summed E-state index contributed by atoms with van der Waals surface area (Å²) in [6.07, 6.45) is 0. The molecule has 0 bridgehead atoms. The van der Waals surface area contributed by atoms with Crippen molar-refractivity contribution in [1.29, 1.82) is 0 Å². The van der Waals surface area contributed by atoms with E-state index in [-0.39, 0.29) is 5.91 Å². The van der Waals surface area contributed by atoms with Gasteiger partial charge in [0, 0.05) is 25.2 Å². The molecule has 1 amide bonds. The molecule has 0 saturated heterocycles. The maximum atomic E-state index is 11.5. The van der Waals surface area contributed by atoms with E-state index in [0.29, 0.717) is 12.2 Å². The number of hydrogen-bond donors (Lipinski definition) is 3. The zero-order chi connectivity index (χ0) is 16.1. The molecule has 118 valence electrons. The lowest BCUT2D eigenvalue weighted by Gasteiger charge is -2.14. The lowest BCUT2D eigenvalue weighted by Crippen LogP contribution is -3.07. The molecule has 1 unspecified atom stereocenters. The van der Waals surface area contributed by atoms with Gasteiger partial charge in [0.05, 0.1) is 7.05 Å². The van der Waals surface area contributed by atoms with Gasteiger partial charge in [-0.05, 0) is 24.4 Å². The number of nitrogens with one attached hydrogen (secondary N) is 3. The predicted octanol–water partition coefficient (Wildman–Crippen LogP) is 0.748. The van der Waals surface area contributed by atoms with Crippen molar-refractivity contribution in [2.75, 3.05) is 26.5 Å². The third-order valence-corrected chi connectivity index (χ3v) is 4.51. The van der Waals surface area contributed by atoms with E-state index in [1.165, 1.54) is 21.8 Å². The largest absolute Gasteiger partial charge is 0.363 e. The van der Waals surface area contributed by atoms with E-state index in [4.69, 9.17) is 12.2 Å². The van der Waals surface area contributed by atoms with Crippen LogP contribution in [0.4, 0.5) is 5.13 Å². The summed E-state index contributed by atoms with van der Waals surface area (Å²) in [6, 6.07) is 7.64. The van der Waals surface area contributed by atoms with Crippen LogP contribution in [0.3, 0.4) is 0 Å². The van der Waals surface area contributed by atoms with Crippen LogP contribution in [0.15, 0.2) is 24.3 Å².